The van der Waals surface area contributed by atoms with Crippen LogP contribution in [0.25, 0.3) is 21.5 Å². The SMILES string of the molecule is CCCCCCOc1ccc2c(ccc3c(F)c(OCCCCC)ccc32)c1. The number of hydrogen-bond donors (Lipinski definition) is 0. The first-order valence-electron chi connectivity index (χ1n) is 10.6. The highest BCUT2D eigenvalue weighted by Crippen LogP contribution is 2.33. The van der Waals surface area contributed by atoms with Crippen molar-refractivity contribution in [1.82, 2.24) is 0 Å². The minimum Gasteiger partial charge on any atom is -0.494 e. The molecule has 0 aliphatic carbocycles. The average Bonchev–Trinajstić information content (AvgIpc) is 2.72. The monoisotopic (exact) mass is 382 g/mol. The van der Waals surface area contributed by atoms with E-state index >= 15 is 0 Å². The third-order valence-electron chi connectivity index (χ3n) is 5.16. The molecule has 3 aromatic rings. The molecule has 3 aromatic carbocycles. The van der Waals surface area contributed by atoms with E-state index in [-0.39, 0.29) is 5.82 Å². The van der Waals surface area contributed by atoms with Gasteiger partial charge < -0.3 is 9.47 Å². The molecule has 0 amide bonds. The second-order valence-electron chi connectivity index (χ2n) is 7.39. The van der Waals surface area contributed by atoms with E-state index in [1.807, 2.05) is 36.4 Å². The highest BCUT2D eigenvalue weighted by molar-refractivity contribution is 6.08. The molecule has 0 fully saturated rings. The maximum Gasteiger partial charge on any atom is 0.172 e. The van der Waals surface area contributed by atoms with Crippen LogP contribution in [0.4, 0.5) is 4.39 Å². The van der Waals surface area contributed by atoms with Crippen molar-refractivity contribution in [2.45, 2.75) is 58.8 Å². The van der Waals surface area contributed by atoms with E-state index < -0.39 is 0 Å². The number of hydrogen-bond acceptors (Lipinski definition) is 2. The molecule has 28 heavy (non-hydrogen) atoms. The van der Waals surface area contributed by atoms with E-state index in [9.17, 15) is 4.39 Å². The average molecular weight is 383 g/mol. The van der Waals surface area contributed by atoms with Crippen molar-refractivity contribution in [2.24, 2.45) is 0 Å². The van der Waals surface area contributed by atoms with Crippen molar-refractivity contribution in [3.8, 4) is 11.5 Å². The van der Waals surface area contributed by atoms with Crippen molar-refractivity contribution in [2.75, 3.05) is 13.2 Å². The van der Waals surface area contributed by atoms with Crippen LogP contribution in [-0.2, 0) is 0 Å². The van der Waals surface area contributed by atoms with Crippen molar-refractivity contribution >= 4 is 21.5 Å². The molecule has 0 N–H and O–H groups in total. The molecular weight excluding hydrogens is 351 g/mol. The van der Waals surface area contributed by atoms with Crippen LogP contribution in [0, 0.1) is 5.82 Å². The van der Waals surface area contributed by atoms with Gasteiger partial charge in [-0.1, -0.05) is 64.2 Å². The maximum atomic E-state index is 14.9. The van der Waals surface area contributed by atoms with Crippen molar-refractivity contribution in [1.29, 1.82) is 0 Å². The van der Waals surface area contributed by atoms with Gasteiger partial charge in [0, 0.05) is 5.39 Å². The van der Waals surface area contributed by atoms with Crippen LogP contribution in [0.5, 0.6) is 11.5 Å². The third kappa shape index (κ3) is 4.95. The molecule has 3 heteroatoms. The Morgan fingerprint density at radius 1 is 0.679 bits per heavy atom. The smallest absolute Gasteiger partial charge is 0.172 e. The first kappa shape index (κ1) is 20.4. The van der Waals surface area contributed by atoms with E-state index in [1.165, 1.54) is 19.3 Å². The van der Waals surface area contributed by atoms with Gasteiger partial charge in [0.1, 0.15) is 5.75 Å². The Bertz CT molecular complexity index is 904. The highest BCUT2D eigenvalue weighted by Gasteiger charge is 2.11. The molecule has 0 radical (unpaired) electrons. The number of ether oxygens (including phenoxy) is 2. The Morgan fingerprint density at radius 2 is 1.36 bits per heavy atom. The fraction of sp³-hybridized carbons (Fsp3) is 0.440. The zero-order valence-corrected chi connectivity index (χ0v) is 17.1. The van der Waals surface area contributed by atoms with Crippen LogP contribution in [-0.4, -0.2) is 13.2 Å². The summed E-state index contributed by atoms with van der Waals surface area (Å²) in [5, 5.41) is 3.61. The zero-order chi connectivity index (χ0) is 19.8. The third-order valence-corrected chi connectivity index (χ3v) is 5.16. The molecule has 3 rings (SSSR count). The maximum absolute atomic E-state index is 14.9. The predicted molar refractivity (Wildman–Crippen MR) is 116 cm³/mol. The summed E-state index contributed by atoms with van der Waals surface area (Å²) in [5.41, 5.74) is 0. The summed E-state index contributed by atoms with van der Waals surface area (Å²) >= 11 is 0. The molecule has 0 spiro atoms. The Labute approximate surface area is 167 Å². The number of fused-ring (bicyclic) bond motifs is 3. The summed E-state index contributed by atoms with van der Waals surface area (Å²) in [6, 6.07) is 13.6. The van der Waals surface area contributed by atoms with Gasteiger partial charge in [0.05, 0.1) is 13.2 Å². The van der Waals surface area contributed by atoms with Gasteiger partial charge >= 0.3 is 0 Å². The van der Waals surface area contributed by atoms with Crippen LogP contribution in [0.15, 0.2) is 42.5 Å². The fourth-order valence-corrected chi connectivity index (χ4v) is 3.52. The van der Waals surface area contributed by atoms with Crippen LogP contribution in [0.2, 0.25) is 0 Å². The molecule has 0 unspecified atom stereocenters. The molecule has 0 atom stereocenters. The Balaban J connectivity index is 1.77. The van der Waals surface area contributed by atoms with E-state index in [0.29, 0.717) is 17.7 Å². The molecule has 0 bridgehead atoms. The van der Waals surface area contributed by atoms with Crippen LogP contribution < -0.4 is 9.47 Å². The Kier molecular flexibility index (Phi) is 7.53. The molecule has 0 saturated heterocycles. The van der Waals surface area contributed by atoms with Crippen LogP contribution in [0.1, 0.15) is 58.8 Å². The van der Waals surface area contributed by atoms with Crippen molar-refractivity contribution < 1.29 is 13.9 Å². The molecular formula is C25H31FO2. The van der Waals surface area contributed by atoms with Crippen molar-refractivity contribution in [3.63, 3.8) is 0 Å². The number of benzene rings is 3. The molecule has 0 heterocycles. The van der Waals surface area contributed by atoms with E-state index in [1.54, 1.807) is 6.07 Å². The quantitative estimate of drug-likeness (QED) is 0.250. The minimum atomic E-state index is -0.271. The molecule has 0 aliphatic heterocycles. The standard InChI is InChI=1S/C25H31FO2/c1-3-5-7-9-16-27-20-11-13-21-19(18-20)10-12-23-22(21)14-15-24(25(23)26)28-17-8-6-4-2/h10-15,18H,3-9,16-17H2,1-2H3. The zero-order valence-electron chi connectivity index (χ0n) is 17.1. The summed E-state index contributed by atoms with van der Waals surface area (Å²) in [5.74, 6) is 0.946. The molecule has 0 aromatic heterocycles. The summed E-state index contributed by atoms with van der Waals surface area (Å²) in [4.78, 5) is 0. The topological polar surface area (TPSA) is 18.5 Å². The summed E-state index contributed by atoms with van der Waals surface area (Å²) < 4.78 is 26.4. The lowest BCUT2D eigenvalue weighted by atomic mass is 10.0. The van der Waals surface area contributed by atoms with Gasteiger partial charge in [-0.15, -0.1) is 0 Å². The predicted octanol–water partition coefficient (Wildman–Crippen LogP) is 7.66. The van der Waals surface area contributed by atoms with Crippen LogP contribution >= 0.6 is 0 Å². The number of unbranched alkanes of at least 4 members (excludes halogenated alkanes) is 5. The lowest BCUT2D eigenvalue weighted by Gasteiger charge is -2.12. The molecule has 150 valence electrons. The number of halogens is 1. The van der Waals surface area contributed by atoms with Crippen LogP contribution in [0.3, 0.4) is 0 Å². The summed E-state index contributed by atoms with van der Waals surface area (Å²) in [6.07, 6.45) is 7.94. The first-order chi connectivity index (χ1) is 13.7. The van der Waals surface area contributed by atoms with E-state index in [2.05, 4.69) is 13.8 Å². The lowest BCUT2D eigenvalue weighted by Crippen LogP contribution is -1.99. The van der Waals surface area contributed by atoms with Gasteiger partial charge in [-0.25, -0.2) is 4.39 Å². The van der Waals surface area contributed by atoms with Gasteiger partial charge in [-0.05, 0) is 53.3 Å². The Hall–Kier alpha value is -2.29. The van der Waals surface area contributed by atoms with Gasteiger partial charge in [0.2, 0.25) is 0 Å². The second kappa shape index (κ2) is 10.3. The van der Waals surface area contributed by atoms with Crippen molar-refractivity contribution in [3.05, 3.63) is 48.3 Å². The summed E-state index contributed by atoms with van der Waals surface area (Å²) in [7, 11) is 0. The molecule has 2 nitrogen and oxygen atoms in total. The molecule has 0 saturated carbocycles. The van der Waals surface area contributed by atoms with E-state index in [4.69, 9.17) is 9.47 Å². The van der Waals surface area contributed by atoms with Gasteiger partial charge in [-0.3, -0.25) is 0 Å². The highest BCUT2D eigenvalue weighted by atomic mass is 19.1. The fourth-order valence-electron chi connectivity index (χ4n) is 3.52. The molecule has 0 aliphatic rings. The Morgan fingerprint density at radius 3 is 2.18 bits per heavy atom. The normalized spacial score (nSPS) is 11.2. The minimum absolute atomic E-state index is 0.271. The lowest BCUT2D eigenvalue weighted by molar-refractivity contribution is 0.293. The second-order valence-corrected chi connectivity index (χ2v) is 7.39. The van der Waals surface area contributed by atoms with Gasteiger partial charge in [0.15, 0.2) is 11.6 Å². The first-order valence-corrected chi connectivity index (χ1v) is 10.6. The largest absolute Gasteiger partial charge is 0.494 e. The summed E-state index contributed by atoms with van der Waals surface area (Å²) in [6.45, 7) is 5.65. The van der Waals surface area contributed by atoms with Gasteiger partial charge in [-0.2, -0.15) is 0 Å². The number of rotatable bonds is 11. The van der Waals surface area contributed by atoms with Gasteiger partial charge in [0.25, 0.3) is 0 Å². The van der Waals surface area contributed by atoms with E-state index in [0.717, 1.165) is 54.2 Å².